The fraction of sp³-hybridized carbons (Fsp3) is 0.824. The lowest BCUT2D eigenvalue weighted by molar-refractivity contribution is -0.131. The molecule has 2 rings (SSSR count). The second kappa shape index (κ2) is 7.12. The van der Waals surface area contributed by atoms with Gasteiger partial charge in [0.2, 0.25) is 5.91 Å². The van der Waals surface area contributed by atoms with E-state index in [4.69, 9.17) is 0 Å². The van der Waals surface area contributed by atoms with Crippen molar-refractivity contribution in [3.8, 4) is 0 Å². The van der Waals surface area contributed by atoms with Gasteiger partial charge in [-0.2, -0.15) is 0 Å². The number of carbonyl (C=O) groups is 1. The topological polar surface area (TPSA) is 20.3 Å². The number of hydrogen-bond acceptors (Lipinski definition) is 1. The lowest BCUT2D eigenvalue weighted by Gasteiger charge is -2.22. The van der Waals surface area contributed by atoms with Gasteiger partial charge >= 0.3 is 0 Å². The summed E-state index contributed by atoms with van der Waals surface area (Å²) in [7, 11) is 0. The Labute approximate surface area is 118 Å². The standard InChI is InChI=1S/C17H29NO/c1-3-5-6-7-8-15-11-16(15)13-18(17(19)4-2)12-14-9-10-14/h5-6,14-16H,3-4,7-13H2,1-2H3/b6-5-/t15-,16-/m0/s1. The van der Waals surface area contributed by atoms with Gasteiger partial charge in [0.25, 0.3) is 0 Å². The van der Waals surface area contributed by atoms with Crippen LogP contribution in [0.15, 0.2) is 12.2 Å². The molecule has 2 fully saturated rings. The van der Waals surface area contributed by atoms with E-state index in [0.29, 0.717) is 12.3 Å². The van der Waals surface area contributed by atoms with Crippen molar-refractivity contribution < 1.29 is 4.79 Å². The van der Waals surface area contributed by atoms with Crippen LogP contribution in [0.3, 0.4) is 0 Å². The average molecular weight is 263 g/mol. The molecular weight excluding hydrogens is 234 g/mol. The van der Waals surface area contributed by atoms with E-state index < -0.39 is 0 Å². The quantitative estimate of drug-likeness (QED) is 0.575. The van der Waals surface area contributed by atoms with Crippen LogP contribution in [0, 0.1) is 17.8 Å². The maximum atomic E-state index is 12.0. The average Bonchev–Trinajstić information content (AvgIpc) is 3.31. The van der Waals surface area contributed by atoms with Gasteiger partial charge in [0.1, 0.15) is 0 Å². The first-order valence-corrected chi connectivity index (χ1v) is 8.17. The number of amides is 1. The third kappa shape index (κ3) is 5.00. The van der Waals surface area contributed by atoms with E-state index in [2.05, 4.69) is 24.0 Å². The van der Waals surface area contributed by atoms with Crippen molar-refractivity contribution in [3.05, 3.63) is 12.2 Å². The van der Waals surface area contributed by atoms with E-state index in [1.807, 2.05) is 6.92 Å². The molecule has 2 atom stereocenters. The Bertz CT molecular complexity index is 319. The van der Waals surface area contributed by atoms with E-state index in [0.717, 1.165) is 37.3 Å². The highest BCUT2D eigenvalue weighted by Gasteiger charge is 2.38. The Hall–Kier alpha value is -0.790. The molecule has 0 spiro atoms. The molecule has 108 valence electrons. The Kier molecular flexibility index (Phi) is 5.47. The summed E-state index contributed by atoms with van der Waals surface area (Å²) in [6, 6.07) is 0. The molecule has 2 aliphatic rings. The highest BCUT2D eigenvalue weighted by Crippen LogP contribution is 2.43. The van der Waals surface area contributed by atoms with Crippen LogP contribution < -0.4 is 0 Å². The second-order valence-corrected chi connectivity index (χ2v) is 6.31. The summed E-state index contributed by atoms with van der Waals surface area (Å²) in [6.07, 6.45) is 13.0. The zero-order chi connectivity index (χ0) is 13.7. The van der Waals surface area contributed by atoms with Crippen LogP contribution in [0.2, 0.25) is 0 Å². The van der Waals surface area contributed by atoms with Gasteiger partial charge in [-0.25, -0.2) is 0 Å². The van der Waals surface area contributed by atoms with Gasteiger partial charge in [0, 0.05) is 19.5 Å². The number of rotatable bonds is 9. The van der Waals surface area contributed by atoms with Crippen molar-refractivity contribution in [1.29, 1.82) is 0 Å². The molecule has 2 aliphatic carbocycles. The van der Waals surface area contributed by atoms with Crippen molar-refractivity contribution in [3.63, 3.8) is 0 Å². The lowest BCUT2D eigenvalue weighted by Crippen LogP contribution is -2.34. The fourth-order valence-electron chi connectivity index (χ4n) is 2.88. The minimum absolute atomic E-state index is 0.364. The highest BCUT2D eigenvalue weighted by molar-refractivity contribution is 5.75. The molecule has 0 N–H and O–H groups in total. The van der Waals surface area contributed by atoms with Gasteiger partial charge in [-0.05, 0) is 56.3 Å². The first-order valence-electron chi connectivity index (χ1n) is 8.17. The minimum Gasteiger partial charge on any atom is -0.342 e. The fourth-order valence-corrected chi connectivity index (χ4v) is 2.88. The maximum absolute atomic E-state index is 12.0. The van der Waals surface area contributed by atoms with E-state index in [9.17, 15) is 4.79 Å². The number of carbonyl (C=O) groups excluding carboxylic acids is 1. The SMILES string of the molecule is CC/C=C\CC[C@H]1C[C@H]1CN(CC1CC1)C(=O)CC. The van der Waals surface area contributed by atoms with Gasteiger partial charge in [0.05, 0.1) is 0 Å². The van der Waals surface area contributed by atoms with Crippen LogP contribution in [-0.4, -0.2) is 23.9 Å². The molecule has 0 aromatic carbocycles. The lowest BCUT2D eigenvalue weighted by atomic mass is 10.1. The van der Waals surface area contributed by atoms with Crippen LogP contribution in [0.5, 0.6) is 0 Å². The molecule has 0 aromatic rings. The minimum atomic E-state index is 0.364. The summed E-state index contributed by atoms with van der Waals surface area (Å²) in [6.45, 7) is 6.24. The molecule has 0 bridgehead atoms. The highest BCUT2D eigenvalue weighted by atomic mass is 16.2. The van der Waals surface area contributed by atoms with E-state index in [-0.39, 0.29) is 0 Å². The first kappa shape index (κ1) is 14.6. The Balaban J connectivity index is 1.67. The van der Waals surface area contributed by atoms with Crippen molar-refractivity contribution in [2.45, 2.75) is 58.8 Å². The zero-order valence-corrected chi connectivity index (χ0v) is 12.6. The molecule has 0 saturated heterocycles. The number of hydrogen-bond donors (Lipinski definition) is 0. The van der Waals surface area contributed by atoms with Gasteiger partial charge in [-0.15, -0.1) is 0 Å². The van der Waals surface area contributed by atoms with Gasteiger partial charge < -0.3 is 4.90 Å². The summed E-state index contributed by atoms with van der Waals surface area (Å²) in [5.41, 5.74) is 0. The van der Waals surface area contributed by atoms with Crippen molar-refractivity contribution in [1.82, 2.24) is 4.90 Å². The van der Waals surface area contributed by atoms with E-state index >= 15 is 0 Å². The Morgan fingerprint density at radius 2 is 1.95 bits per heavy atom. The Morgan fingerprint density at radius 1 is 1.16 bits per heavy atom. The third-order valence-corrected chi connectivity index (χ3v) is 4.46. The summed E-state index contributed by atoms with van der Waals surface area (Å²) in [4.78, 5) is 14.1. The molecular formula is C17H29NO. The monoisotopic (exact) mass is 263 g/mol. The number of allylic oxidation sites excluding steroid dienone is 2. The first-order chi connectivity index (χ1) is 9.24. The molecule has 0 aliphatic heterocycles. The molecule has 2 heteroatoms. The molecule has 0 unspecified atom stereocenters. The second-order valence-electron chi connectivity index (χ2n) is 6.31. The van der Waals surface area contributed by atoms with Crippen molar-refractivity contribution in [2.75, 3.05) is 13.1 Å². The van der Waals surface area contributed by atoms with Crippen LogP contribution in [0.1, 0.15) is 58.8 Å². The van der Waals surface area contributed by atoms with Gasteiger partial charge in [-0.3, -0.25) is 4.79 Å². The molecule has 1 amide bonds. The van der Waals surface area contributed by atoms with Crippen LogP contribution in [-0.2, 0) is 4.79 Å². The van der Waals surface area contributed by atoms with E-state index in [1.54, 1.807) is 0 Å². The summed E-state index contributed by atoms with van der Waals surface area (Å²) < 4.78 is 0. The summed E-state index contributed by atoms with van der Waals surface area (Å²) in [5, 5.41) is 0. The molecule has 0 aromatic heterocycles. The smallest absolute Gasteiger partial charge is 0.222 e. The van der Waals surface area contributed by atoms with Gasteiger partial charge in [0.15, 0.2) is 0 Å². The predicted octanol–water partition coefficient (Wildman–Crippen LogP) is 4.02. The zero-order valence-electron chi connectivity index (χ0n) is 12.6. The largest absolute Gasteiger partial charge is 0.342 e. The summed E-state index contributed by atoms with van der Waals surface area (Å²) >= 11 is 0. The predicted molar refractivity (Wildman–Crippen MR) is 79.9 cm³/mol. The Morgan fingerprint density at radius 3 is 2.58 bits per heavy atom. The van der Waals surface area contributed by atoms with Crippen LogP contribution in [0.4, 0.5) is 0 Å². The van der Waals surface area contributed by atoms with Crippen molar-refractivity contribution >= 4 is 5.91 Å². The van der Waals surface area contributed by atoms with E-state index in [1.165, 1.54) is 32.1 Å². The van der Waals surface area contributed by atoms with Gasteiger partial charge in [-0.1, -0.05) is 26.0 Å². The number of nitrogens with zero attached hydrogens (tertiary/aromatic N) is 1. The summed E-state index contributed by atoms with van der Waals surface area (Å²) in [5.74, 6) is 2.86. The molecule has 2 saturated carbocycles. The molecule has 0 radical (unpaired) electrons. The van der Waals surface area contributed by atoms with Crippen molar-refractivity contribution in [2.24, 2.45) is 17.8 Å². The molecule has 0 heterocycles. The third-order valence-electron chi connectivity index (χ3n) is 4.46. The van der Waals surface area contributed by atoms with Crippen LogP contribution >= 0.6 is 0 Å². The molecule has 2 nitrogen and oxygen atoms in total. The maximum Gasteiger partial charge on any atom is 0.222 e. The normalized spacial score (nSPS) is 25.8. The molecule has 19 heavy (non-hydrogen) atoms. The van der Waals surface area contributed by atoms with Crippen LogP contribution in [0.25, 0.3) is 0 Å².